The van der Waals surface area contributed by atoms with Crippen LogP contribution in [0.3, 0.4) is 0 Å². The van der Waals surface area contributed by atoms with Crippen LogP contribution in [0.15, 0.2) is 42.5 Å². The predicted octanol–water partition coefficient (Wildman–Crippen LogP) is 4.30. The van der Waals surface area contributed by atoms with Crippen LogP contribution in [0.2, 0.25) is 0 Å². The largest absolute Gasteiger partial charge is 0.493 e. The molecule has 0 fully saturated rings. The summed E-state index contributed by atoms with van der Waals surface area (Å²) >= 11 is 4.29. The average molecular weight is 351 g/mol. The van der Waals surface area contributed by atoms with Gasteiger partial charge in [-0.3, -0.25) is 0 Å². The molecule has 126 valence electrons. The molecule has 25 heavy (non-hydrogen) atoms. The van der Waals surface area contributed by atoms with Crippen LogP contribution in [0.5, 0.6) is 11.5 Å². The quantitative estimate of drug-likeness (QED) is 0.671. The Hall–Kier alpha value is -2.91. The first-order valence-electron chi connectivity index (χ1n) is 7.62. The van der Waals surface area contributed by atoms with Crippen molar-refractivity contribution in [3.8, 4) is 17.6 Å². The zero-order valence-corrected chi connectivity index (χ0v) is 14.8. The van der Waals surface area contributed by atoms with Crippen molar-refractivity contribution in [2.45, 2.75) is 5.75 Å². The molecule has 0 bridgehead atoms. The number of thiol groups is 1. The molecular weight excluding hydrogens is 334 g/mol. The SMILES string of the molecule is COc1cc2cc(C#N)c(Nc3cccc(CS)c3)nc2cc1OC. The molecule has 0 aliphatic heterocycles. The summed E-state index contributed by atoms with van der Waals surface area (Å²) in [4.78, 5) is 4.59. The molecule has 2 aromatic carbocycles. The van der Waals surface area contributed by atoms with E-state index in [2.05, 4.69) is 29.0 Å². The van der Waals surface area contributed by atoms with Gasteiger partial charge in [0.2, 0.25) is 0 Å². The van der Waals surface area contributed by atoms with Gasteiger partial charge in [0.25, 0.3) is 0 Å². The second-order valence-electron chi connectivity index (χ2n) is 5.38. The molecule has 5 nitrogen and oxygen atoms in total. The number of rotatable bonds is 5. The van der Waals surface area contributed by atoms with Gasteiger partial charge in [-0.1, -0.05) is 12.1 Å². The van der Waals surface area contributed by atoms with E-state index in [9.17, 15) is 5.26 Å². The minimum absolute atomic E-state index is 0.455. The van der Waals surface area contributed by atoms with Gasteiger partial charge in [-0.25, -0.2) is 4.98 Å². The van der Waals surface area contributed by atoms with Crippen molar-refractivity contribution >= 4 is 35.0 Å². The van der Waals surface area contributed by atoms with Gasteiger partial charge in [-0.05, 0) is 29.8 Å². The van der Waals surface area contributed by atoms with Crippen molar-refractivity contribution in [1.29, 1.82) is 5.26 Å². The lowest BCUT2D eigenvalue weighted by atomic mass is 10.1. The van der Waals surface area contributed by atoms with Crippen molar-refractivity contribution in [3.63, 3.8) is 0 Å². The first kappa shape index (κ1) is 16.9. The Bertz CT molecular complexity index is 967. The van der Waals surface area contributed by atoms with E-state index in [0.29, 0.717) is 34.1 Å². The van der Waals surface area contributed by atoms with Crippen molar-refractivity contribution in [2.75, 3.05) is 19.5 Å². The molecule has 0 saturated heterocycles. The maximum Gasteiger partial charge on any atom is 0.162 e. The second kappa shape index (κ2) is 7.32. The third kappa shape index (κ3) is 3.47. The highest BCUT2D eigenvalue weighted by Gasteiger charge is 2.12. The monoisotopic (exact) mass is 351 g/mol. The van der Waals surface area contributed by atoms with Gasteiger partial charge in [0.05, 0.1) is 25.3 Å². The standard InChI is InChI=1S/C19H17N3O2S/c1-23-17-8-13-7-14(10-20)19(22-16(13)9-18(17)24-2)21-15-5-3-4-12(6-15)11-25/h3-9,25H,11H2,1-2H3,(H,21,22). The maximum atomic E-state index is 9.49. The minimum Gasteiger partial charge on any atom is -0.493 e. The summed E-state index contributed by atoms with van der Waals surface area (Å²) in [5.41, 5.74) is 3.11. The average Bonchev–Trinajstić information content (AvgIpc) is 2.66. The minimum atomic E-state index is 0.455. The van der Waals surface area contributed by atoms with E-state index in [1.807, 2.05) is 30.3 Å². The van der Waals surface area contributed by atoms with Crippen molar-refractivity contribution in [1.82, 2.24) is 4.98 Å². The summed E-state index contributed by atoms with van der Waals surface area (Å²) in [6, 6.07) is 15.4. The van der Waals surface area contributed by atoms with Crippen LogP contribution >= 0.6 is 12.6 Å². The number of ether oxygens (including phenoxy) is 2. The fraction of sp³-hybridized carbons (Fsp3) is 0.158. The molecule has 0 spiro atoms. The van der Waals surface area contributed by atoms with Crippen LogP contribution in [-0.4, -0.2) is 19.2 Å². The number of benzene rings is 2. The van der Waals surface area contributed by atoms with Gasteiger partial charge in [0, 0.05) is 22.9 Å². The number of anilines is 2. The molecule has 6 heteroatoms. The number of nitriles is 1. The third-order valence-electron chi connectivity index (χ3n) is 3.81. The number of hydrogen-bond acceptors (Lipinski definition) is 6. The van der Waals surface area contributed by atoms with E-state index in [1.54, 1.807) is 26.4 Å². The van der Waals surface area contributed by atoms with Crippen molar-refractivity contribution < 1.29 is 9.47 Å². The Morgan fingerprint density at radius 1 is 1.12 bits per heavy atom. The predicted molar refractivity (Wildman–Crippen MR) is 102 cm³/mol. The Labute approximate surface area is 151 Å². The van der Waals surface area contributed by atoms with Gasteiger partial charge in [0.15, 0.2) is 11.5 Å². The van der Waals surface area contributed by atoms with Crippen LogP contribution < -0.4 is 14.8 Å². The van der Waals surface area contributed by atoms with E-state index in [-0.39, 0.29) is 0 Å². The number of aromatic nitrogens is 1. The highest BCUT2D eigenvalue weighted by Crippen LogP contribution is 2.33. The topological polar surface area (TPSA) is 67.2 Å². The van der Waals surface area contributed by atoms with Gasteiger partial charge in [0.1, 0.15) is 11.9 Å². The lowest BCUT2D eigenvalue weighted by molar-refractivity contribution is 0.356. The zero-order valence-electron chi connectivity index (χ0n) is 13.9. The number of hydrogen-bond donors (Lipinski definition) is 2. The Morgan fingerprint density at radius 2 is 1.88 bits per heavy atom. The molecule has 0 aliphatic rings. The van der Waals surface area contributed by atoms with E-state index in [0.717, 1.165) is 16.6 Å². The molecule has 3 aromatic rings. The number of fused-ring (bicyclic) bond motifs is 1. The van der Waals surface area contributed by atoms with E-state index < -0.39 is 0 Å². The van der Waals surface area contributed by atoms with Crippen molar-refractivity contribution in [2.24, 2.45) is 0 Å². The summed E-state index contributed by atoms with van der Waals surface area (Å²) in [5.74, 6) is 2.33. The highest BCUT2D eigenvalue weighted by molar-refractivity contribution is 7.79. The Kier molecular flexibility index (Phi) is 4.96. The zero-order chi connectivity index (χ0) is 17.8. The fourth-order valence-corrected chi connectivity index (χ4v) is 2.76. The van der Waals surface area contributed by atoms with E-state index in [1.165, 1.54) is 0 Å². The highest BCUT2D eigenvalue weighted by atomic mass is 32.1. The van der Waals surface area contributed by atoms with Crippen LogP contribution in [0.4, 0.5) is 11.5 Å². The summed E-state index contributed by atoms with van der Waals surface area (Å²) in [5, 5.41) is 13.5. The summed E-state index contributed by atoms with van der Waals surface area (Å²) in [6.45, 7) is 0. The first-order valence-corrected chi connectivity index (χ1v) is 8.25. The number of nitrogens with zero attached hydrogens (tertiary/aromatic N) is 2. The molecule has 1 heterocycles. The van der Waals surface area contributed by atoms with Crippen LogP contribution in [0.1, 0.15) is 11.1 Å². The molecule has 1 aromatic heterocycles. The van der Waals surface area contributed by atoms with Gasteiger partial charge in [-0.15, -0.1) is 0 Å². The smallest absolute Gasteiger partial charge is 0.162 e. The molecule has 0 radical (unpaired) electrons. The molecule has 0 amide bonds. The molecular formula is C19H17N3O2S. The second-order valence-corrected chi connectivity index (χ2v) is 5.70. The lowest BCUT2D eigenvalue weighted by Gasteiger charge is -2.12. The summed E-state index contributed by atoms with van der Waals surface area (Å²) < 4.78 is 10.6. The molecule has 1 N–H and O–H groups in total. The number of methoxy groups -OCH3 is 2. The first-order chi connectivity index (χ1) is 12.2. The molecule has 0 aliphatic carbocycles. The fourth-order valence-electron chi connectivity index (χ4n) is 2.57. The molecule has 3 rings (SSSR count). The third-order valence-corrected chi connectivity index (χ3v) is 4.18. The number of pyridine rings is 1. The van der Waals surface area contributed by atoms with Crippen LogP contribution in [0.25, 0.3) is 10.9 Å². The number of nitrogens with one attached hydrogen (secondary N) is 1. The summed E-state index contributed by atoms with van der Waals surface area (Å²) in [7, 11) is 3.15. The molecule has 0 unspecified atom stereocenters. The summed E-state index contributed by atoms with van der Waals surface area (Å²) in [6.07, 6.45) is 0. The van der Waals surface area contributed by atoms with Gasteiger partial charge in [-0.2, -0.15) is 17.9 Å². The van der Waals surface area contributed by atoms with Crippen molar-refractivity contribution in [3.05, 3.63) is 53.6 Å². The van der Waals surface area contributed by atoms with Crippen LogP contribution in [-0.2, 0) is 5.75 Å². The lowest BCUT2D eigenvalue weighted by Crippen LogP contribution is -1.99. The molecule has 0 atom stereocenters. The van der Waals surface area contributed by atoms with Gasteiger partial charge < -0.3 is 14.8 Å². The van der Waals surface area contributed by atoms with Crippen LogP contribution in [0, 0.1) is 11.3 Å². The maximum absolute atomic E-state index is 9.49. The van der Waals surface area contributed by atoms with E-state index in [4.69, 9.17) is 9.47 Å². The normalized spacial score (nSPS) is 10.3. The Balaban J connectivity index is 2.09. The van der Waals surface area contributed by atoms with E-state index >= 15 is 0 Å². The Morgan fingerprint density at radius 3 is 2.56 bits per heavy atom. The molecule has 0 saturated carbocycles. The van der Waals surface area contributed by atoms with Gasteiger partial charge >= 0.3 is 0 Å².